The highest BCUT2D eigenvalue weighted by molar-refractivity contribution is 6.11. The standard InChI is InChI=1S/C17H13N3O/c21-20-17(13-7-2-1-3-8-13)16-11-6-10-15(19-16)14-9-4-5-12-18-14/h1-12,21H. The van der Waals surface area contributed by atoms with Crippen LogP contribution in [0, 0.1) is 0 Å². The molecule has 2 heterocycles. The van der Waals surface area contributed by atoms with E-state index in [1.165, 1.54) is 0 Å². The first kappa shape index (κ1) is 13.0. The summed E-state index contributed by atoms with van der Waals surface area (Å²) in [5, 5.41) is 12.7. The summed E-state index contributed by atoms with van der Waals surface area (Å²) in [5.74, 6) is 0. The number of hydrogen-bond acceptors (Lipinski definition) is 4. The zero-order chi connectivity index (χ0) is 14.5. The monoisotopic (exact) mass is 275 g/mol. The fourth-order valence-electron chi connectivity index (χ4n) is 2.08. The quantitative estimate of drug-likeness (QED) is 0.453. The van der Waals surface area contributed by atoms with E-state index in [0.717, 1.165) is 17.0 Å². The van der Waals surface area contributed by atoms with Crippen molar-refractivity contribution < 1.29 is 5.21 Å². The first-order valence-electron chi connectivity index (χ1n) is 6.55. The summed E-state index contributed by atoms with van der Waals surface area (Å²) in [7, 11) is 0. The van der Waals surface area contributed by atoms with Crippen LogP contribution < -0.4 is 0 Å². The van der Waals surface area contributed by atoms with Gasteiger partial charge in [-0.25, -0.2) is 4.98 Å². The van der Waals surface area contributed by atoms with E-state index in [-0.39, 0.29) is 0 Å². The Bertz CT molecular complexity index is 755. The van der Waals surface area contributed by atoms with Crippen LogP contribution in [0.25, 0.3) is 11.4 Å². The highest BCUT2D eigenvalue weighted by Crippen LogP contribution is 2.16. The number of hydrogen-bond donors (Lipinski definition) is 1. The van der Waals surface area contributed by atoms with Gasteiger partial charge in [0.2, 0.25) is 0 Å². The maximum atomic E-state index is 9.33. The molecule has 3 rings (SSSR count). The van der Waals surface area contributed by atoms with Gasteiger partial charge in [-0.2, -0.15) is 0 Å². The molecule has 0 saturated heterocycles. The third-order valence-electron chi connectivity index (χ3n) is 3.07. The molecule has 1 aromatic carbocycles. The molecule has 2 aromatic heterocycles. The molecule has 4 nitrogen and oxygen atoms in total. The Kier molecular flexibility index (Phi) is 3.69. The predicted molar refractivity (Wildman–Crippen MR) is 81.3 cm³/mol. The third-order valence-corrected chi connectivity index (χ3v) is 3.07. The summed E-state index contributed by atoms with van der Waals surface area (Å²) in [6.45, 7) is 0. The molecule has 0 amide bonds. The molecule has 102 valence electrons. The second-order valence-electron chi connectivity index (χ2n) is 4.44. The molecule has 0 atom stereocenters. The van der Waals surface area contributed by atoms with E-state index in [0.29, 0.717) is 11.4 Å². The van der Waals surface area contributed by atoms with Crippen molar-refractivity contribution in [3.05, 3.63) is 84.2 Å². The highest BCUT2D eigenvalue weighted by Gasteiger charge is 2.10. The van der Waals surface area contributed by atoms with Crippen molar-refractivity contribution in [1.29, 1.82) is 0 Å². The number of oxime groups is 1. The van der Waals surface area contributed by atoms with Crippen molar-refractivity contribution in [2.24, 2.45) is 5.16 Å². The molecular weight excluding hydrogens is 262 g/mol. The van der Waals surface area contributed by atoms with Crippen LogP contribution in [0.5, 0.6) is 0 Å². The molecule has 0 unspecified atom stereocenters. The SMILES string of the molecule is ON=C(c1ccccc1)c1cccc(-c2ccccn2)n1. The average molecular weight is 275 g/mol. The zero-order valence-electron chi connectivity index (χ0n) is 11.2. The summed E-state index contributed by atoms with van der Waals surface area (Å²) in [5.41, 5.74) is 3.38. The predicted octanol–water partition coefficient (Wildman–Crippen LogP) is 3.37. The molecule has 0 aliphatic rings. The Morgan fingerprint density at radius 3 is 2.29 bits per heavy atom. The van der Waals surface area contributed by atoms with E-state index in [1.54, 1.807) is 6.20 Å². The number of rotatable bonds is 3. The van der Waals surface area contributed by atoms with Gasteiger partial charge in [-0.05, 0) is 24.3 Å². The smallest absolute Gasteiger partial charge is 0.135 e. The van der Waals surface area contributed by atoms with Crippen molar-refractivity contribution in [3.8, 4) is 11.4 Å². The minimum Gasteiger partial charge on any atom is -0.410 e. The molecule has 0 saturated carbocycles. The summed E-state index contributed by atoms with van der Waals surface area (Å²) in [4.78, 5) is 8.82. The lowest BCUT2D eigenvalue weighted by molar-refractivity contribution is 0.319. The molecule has 0 bridgehead atoms. The van der Waals surface area contributed by atoms with Crippen LogP contribution >= 0.6 is 0 Å². The Hall–Kier alpha value is -3.01. The normalized spacial score (nSPS) is 11.3. The Morgan fingerprint density at radius 1 is 0.810 bits per heavy atom. The minimum atomic E-state index is 0.438. The molecule has 0 aliphatic heterocycles. The van der Waals surface area contributed by atoms with Crippen molar-refractivity contribution >= 4 is 5.71 Å². The van der Waals surface area contributed by atoms with Gasteiger partial charge >= 0.3 is 0 Å². The van der Waals surface area contributed by atoms with E-state index in [2.05, 4.69) is 15.1 Å². The van der Waals surface area contributed by atoms with E-state index < -0.39 is 0 Å². The molecule has 1 N–H and O–H groups in total. The maximum Gasteiger partial charge on any atom is 0.135 e. The van der Waals surface area contributed by atoms with Crippen molar-refractivity contribution in [2.45, 2.75) is 0 Å². The van der Waals surface area contributed by atoms with E-state index in [1.807, 2.05) is 66.7 Å². The van der Waals surface area contributed by atoms with Crippen LogP contribution in [-0.2, 0) is 0 Å². The molecule has 0 aliphatic carbocycles. The van der Waals surface area contributed by atoms with Gasteiger partial charge in [-0.3, -0.25) is 4.98 Å². The molecule has 3 aromatic rings. The average Bonchev–Trinajstić information content (AvgIpc) is 2.58. The number of aromatic nitrogens is 2. The number of nitrogens with zero attached hydrogens (tertiary/aromatic N) is 3. The second-order valence-corrected chi connectivity index (χ2v) is 4.44. The first-order chi connectivity index (χ1) is 10.4. The van der Waals surface area contributed by atoms with E-state index >= 15 is 0 Å². The molecule has 0 spiro atoms. The molecule has 0 radical (unpaired) electrons. The largest absolute Gasteiger partial charge is 0.410 e. The zero-order valence-corrected chi connectivity index (χ0v) is 11.2. The van der Waals surface area contributed by atoms with Crippen LogP contribution in [-0.4, -0.2) is 20.9 Å². The van der Waals surface area contributed by atoms with Gasteiger partial charge < -0.3 is 5.21 Å². The molecular formula is C17H13N3O. The Balaban J connectivity index is 2.04. The van der Waals surface area contributed by atoms with Crippen LogP contribution in [0.1, 0.15) is 11.3 Å². The summed E-state index contributed by atoms with van der Waals surface area (Å²) >= 11 is 0. The summed E-state index contributed by atoms with van der Waals surface area (Å²) in [6, 6.07) is 20.7. The Labute approximate surface area is 122 Å². The van der Waals surface area contributed by atoms with Crippen molar-refractivity contribution in [1.82, 2.24) is 9.97 Å². The molecule has 0 fully saturated rings. The van der Waals surface area contributed by atoms with Crippen LogP contribution in [0.15, 0.2) is 78.1 Å². The highest BCUT2D eigenvalue weighted by atomic mass is 16.4. The van der Waals surface area contributed by atoms with Gasteiger partial charge in [0.05, 0.1) is 17.1 Å². The summed E-state index contributed by atoms with van der Waals surface area (Å²) in [6.07, 6.45) is 1.72. The van der Waals surface area contributed by atoms with Crippen LogP contribution in [0.4, 0.5) is 0 Å². The molecule has 4 heteroatoms. The van der Waals surface area contributed by atoms with E-state index in [4.69, 9.17) is 0 Å². The number of benzene rings is 1. The third kappa shape index (κ3) is 2.79. The van der Waals surface area contributed by atoms with Crippen molar-refractivity contribution in [2.75, 3.05) is 0 Å². The van der Waals surface area contributed by atoms with Gasteiger partial charge in [-0.15, -0.1) is 0 Å². The van der Waals surface area contributed by atoms with Crippen LogP contribution in [0.3, 0.4) is 0 Å². The van der Waals surface area contributed by atoms with Gasteiger partial charge in [0.15, 0.2) is 0 Å². The van der Waals surface area contributed by atoms with Gasteiger partial charge in [-0.1, -0.05) is 47.6 Å². The first-order valence-corrected chi connectivity index (χ1v) is 6.55. The van der Waals surface area contributed by atoms with Gasteiger partial charge in [0, 0.05) is 11.8 Å². The van der Waals surface area contributed by atoms with Crippen molar-refractivity contribution in [3.63, 3.8) is 0 Å². The lowest BCUT2D eigenvalue weighted by atomic mass is 10.1. The van der Waals surface area contributed by atoms with E-state index in [9.17, 15) is 5.21 Å². The van der Waals surface area contributed by atoms with Crippen LogP contribution in [0.2, 0.25) is 0 Å². The number of pyridine rings is 2. The second kappa shape index (κ2) is 5.96. The van der Waals surface area contributed by atoms with Gasteiger partial charge in [0.1, 0.15) is 5.71 Å². The summed E-state index contributed by atoms with van der Waals surface area (Å²) < 4.78 is 0. The molecule has 21 heavy (non-hydrogen) atoms. The lowest BCUT2D eigenvalue weighted by Crippen LogP contribution is -2.06. The van der Waals surface area contributed by atoms with Gasteiger partial charge in [0.25, 0.3) is 0 Å². The maximum absolute atomic E-state index is 9.33. The minimum absolute atomic E-state index is 0.438. The fourth-order valence-corrected chi connectivity index (χ4v) is 2.08. The lowest BCUT2D eigenvalue weighted by Gasteiger charge is -2.06. The topological polar surface area (TPSA) is 58.4 Å². The Morgan fingerprint density at radius 2 is 1.57 bits per heavy atom. The fraction of sp³-hybridized carbons (Fsp3) is 0.